The van der Waals surface area contributed by atoms with Crippen LogP contribution < -0.4 is 16.6 Å². The SMILES string of the molecule is NNC(=O)[C@@H]1Cc2ccccc2CN1. The molecule has 0 bridgehead atoms. The number of fused-ring (bicyclic) bond motifs is 1. The first kappa shape index (κ1) is 9.18. The van der Waals surface area contributed by atoms with Gasteiger partial charge in [-0.2, -0.15) is 0 Å². The molecule has 0 aliphatic carbocycles. The second kappa shape index (κ2) is 3.77. The lowest BCUT2D eigenvalue weighted by Gasteiger charge is -2.24. The largest absolute Gasteiger partial charge is 0.301 e. The first-order valence-corrected chi connectivity index (χ1v) is 4.62. The normalized spacial score (nSPS) is 19.9. The van der Waals surface area contributed by atoms with Crippen LogP contribution in [0.2, 0.25) is 0 Å². The van der Waals surface area contributed by atoms with Crippen molar-refractivity contribution in [3.63, 3.8) is 0 Å². The van der Waals surface area contributed by atoms with E-state index in [4.69, 9.17) is 5.84 Å². The third-order valence-electron chi connectivity index (χ3n) is 2.54. The summed E-state index contributed by atoms with van der Waals surface area (Å²) in [5.74, 6) is 4.93. The zero-order valence-electron chi connectivity index (χ0n) is 7.79. The number of carbonyl (C=O) groups excluding carboxylic acids is 1. The molecular weight excluding hydrogens is 178 g/mol. The van der Waals surface area contributed by atoms with Gasteiger partial charge in [-0.15, -0.1) is 0 Å². The molecule has 2 rings (SSSR count). The minimum Gasteiger partial charge on any atom is -0.301 e. The maximum absolute atomic E-state index is 11.3. The van der Waals surface area contributed by atoms with Crippen LogP contribution in [0.5, 0.6) is 0 Å². The number of hydrazine groups is 1. The minimum absolute atomic E-state index is 0.153. The molecule has 4 heteroatoms. The fourth-order valence-corrected chi connectivity index (χ4v) is 1.74. The number of hydrogen-bond acceptors (Lipinski definition) is 3. The Morgan fingerprint density at radius 3 is 2.86 bits per heavy atom. The summed E-state index contributed by atoms with van der Waals surface area (Å²) >= 11 is 0. The van der Waals surface area contributed by atoms with E-state index >= 15 is 0 Å². The highest BCUT2D eigenvalue weighted by Gasteiger charge is 2.22. The molecule has 4 nitrogen and oxygen atoms in total. The Kier molecular flexibility index (Phi) is 2.47. The van der Waals surface area contributed by atoms with Crippen molar-refractivity contribution in [2.75, 3.05) is 0 Å². The fraction of sp³-hybridized carbons (Fsp3) is 0.300. The molecule has 0 spiro atoms. The minimum atomic E-state index is -0.199. The first-order chi connectivity index (χ1) is 6.81. The van der Waals surface area contributed by atoms with Crippen LogP contribution in [0.4, 0.5) is 0 Å². The summed E-state index contributed by atoms with van der Waals surface area (Å²) in [5, 5.41) is 3.13. The molecule has 1 aromatic carbocycles. The van der Waals surface area contributed by atoms with Gasteiger partial charge in [0.15, 0.2) is 0 Å². The monoisotopic (exact) mass is 191 g/mol. The van der Waals surface area contributed by atoms with Crippen LogP contribution in [0.1, 0.15) is 11.1 Å². The highest BCUT2D eigenvalue weighted by molar-refractivity contribution is 5.81. The number of nitrogens with one attached hydrogen (secondary N) is 2. The Morgan fingerprint density at radius 1 is 1.43 bits per heavy atom. The predicted octanol–water partition coefficient (Wildman–Crippen LogP) is -0.309. The molecule has 1 aromatic rings. The second-order valence-corrected chi connectivity index (χ2v) is 3.41. The topological polar surface area (TPSA) is 67.1 Å². The number of amides is 1. The Hall–Kier alpha value is -1.39. The van der Waals surface area contributed by atoms with E-state index in [-0.39, 0.29) is 11.9 Å². The van der Waals surface area contributed by atoms with Crippen LogP contribution in [0.15, 0.2) is 24.3 Å². The zero-order valence-corrected chi connectivity index (χ0v) is 7.79. The van der Waals surface area contributed by atoms with E-state index in [1.165, 1.54) is 11.1 Å². The summed E-state index contributed by atoms with van der Waals surface area (Å²) in [6, 6.07) is 7.91. The van der Waals surface area contributed by atoms with Gasteiger partial charge in [0.25, 0.3) is 5.91 Å². The van der Waals surface area contributed by atoms with E-state index in [0.717, 1.165) is 6.54 Å². The molecule has 1 heterocycles. The van der Waals surface area contributed by atoms with E-state index in [0.29, 0.717) is 6.42 Å². The first-order valence-electron chi connectivity index (χ1n) is 4.62. The zero-order chi connectivity index (χ0) is 9.97. The molecule has 1 atom stereocenters. The molecule has 0 aromatic heterocycles. The average molecular weight is 191 g/mol. The number of carbonyl (C=O) groups is 1. The summed E-state index contributed by atoms with van der Waals surface area (Å²) in [7, 11) is 0. The van der Waals surface area contributed by atoms with Gasteiger partial charge in [-0.05, 0) is 17.5 Å². The van der Waals surface area contributed by atoms with Crippen molar-refractivity contribution in [1.82, 2.24) is 10.7 Å². The van der Waals surface area contributed by atoms with Gasteiger partial charge < -0.3 is 5.32 Å². The third-order valence-corrected chi connectivity index (χ3v) is 2.54. The summed E-state index contributed by atoms with van der Waals surface area (Å²) in [6.45, 7) is 0.730. The van der Waals surface area contributed by atoms with Crippen molar-refractivity contribution < 1.29 is 4.79 Å². The molecule has 0 saturated heterocycles. The fourth-order valence-electron chi connectivity index (χ4n) is 1.74. The highest BCUT2D eigenvalue weighted by Crippen LogP contribution is 2.15. The molecule has 0 unspecified atom stereocenters. The maximum Gasteiger partial charge on any atom is 0.251 e. The molecule has 1 aliphatic heterocycles. The molecule has 0 saturated carbocycles. The van der Waals surface area contributed by atoms with Crippen LogP contribution in [0.25, 0.3) is 0 Å². The predicted molar refractivity (Wildman–Crippen MR) is 53.1 cm³/mol. The summed E-state index contributed by atoms with van der Waals surface area (Å²) in [6.07, 6.45) is 0.708. The van der Waals surface area contributed by atoms with E-state index in [1.807, 2.05) is 18.2 Å². The summed E-state index contributed by atoms with van der Waals surface area (Å²) in [4.78, 5) is 11.3. The van der Waals surface area contributed by atoms with Gasteiger partial charge in [0.2, 0.25) is 0 Å². The quantitative estimate of drug-likeness (QED) is 0.324. The van der Waals surface area contributed by atoms with Crippen molar-refractivity contribution in [3.8, 4) is 0 Å². The van der Waals surface area contributed by atoms with Crippen LogP contribution in [0, 0.1) is 0 Å². The smallest absolute Gasteiger partial charge is 0.251 e. The van der Waals surface area contributed by atoms with Crippen LogP contribution >= 0.6 is 0 Å². The molecule has 14 heavy (non-hydrogen) atoms. The van der Waals surface area contributed by atoms with Crippen LogP contribution in [0.3, 0.4) is 0 Å². The van der Waals surface area contributed by atoms with Gasteiger partial charge in [-0.25, -0.2) is 5.84 Å². The lowest BCUT2D eigenvalue weighted by Crippen LogP contribution is -2.49. The van der Waals surface area contributed by atoms with E-state index in [1.54, 1.807) is 0 Å². The van der Waals surface area contributed by atoms with Crippen molar-refractivity contribution in [2.24, 2.45) is 5.84 Å². The lowest BCUT2D eigenvalue weighted by atomic mass is 9.96. The standard InChI is InChI=1S/C10H13N3O/c11-13-10(14)9-5-7-3-1-2-4-8(7)6-12-9/h1-4,9,12H,5-6,11H2,(H,13,14)/t9-/m0/s1. The molecular formula is C10H13N3O. The molecule has 0 radical (unpaired) electrons. The molecule has 0 fully saturated rings. The molecule has 1 aliphatic rings. The van der Waals surface area contributed by atoms with Crippen molar-refractivity contribution in [1.29, 1.82) is 0 Å². The van der Waals surface area contributed by atoms with Gasteiger partial charge in [0.05, 0.1) is 6.04 Å². The van der Waals surface area contributed by atoms with Crippen molar-refractivity contribution >= 4 is 5.91 Å². The average Bonchev–Trinajstić information content (AvgIpc) is 2.27. The third kappa shape index (κ3) is 1.62. The van der Waals surface area contributed by atoms with Crippen molar-refractivity contribution in [3.05, 3.63) is 35.4 Å². The van der Waals surface area contributed by atoms with Gasteiger partial charge in [-0.3, -0.25) is 10.2 Å². The van der Waals surface area contributed by atoms with E-state index < -0.39 is 0 Å². The highest BCUT2D eigenvalue weighted by atomic mass is 16.2. The van der Waals surface area contributed by atoms with Crippen molar-refractivity contribution in [2.45, 2.75) is 19.0 Å². The number of benzene rings is 1. The van der Waals surface area contributed by atoms with E-state index in [2.05, 4.69) is 16.8 Å². The number of rotatable bonds is 1. The Morgan fingerprint density at radius 2 is 2.14 bits per heavy atom. The molecule has 4 N–H and O–H groups in total. The molecule has 1 amide bonds. The Balaban J connectivity index is 2.17. The Bertz CT molecular complexity index is 351. The maximum atomic E-state index is 11.3. The van der Waals surface area contributed by atoms with Gasteiger partial charge in [0, 0.05) is 6.54 Å². The number of nitrogens with two attached hydrogens (primary N) is 1. The van der Waals surface area contributed by atoms with Gasteiger partial charge in [0.1, 0.15) is 0 Å². The molecule has 74 valence electrons. The number of hydrogen-bond donors (Lipinski definition) is 3. The Labute approximate surface area is 82.5 Å². The second-order valence-electron chi connectivity index (χ2n) is 3.41. The van der Waals surface area contributed by atoms with Crippen LogP contribution in [-0.2, 0) is 17.8 Å². The van der Waals surface area contributed by atoms with Crippen LogP contribution in [-0.4, -0.2) is 11.9 Å². The van der Waals surface area contributed by atoms with Gasteiger partial charge >= 0.3 is 0 Å². The lowest BCUT2D eigenvalue weighted by molar-refractivity contribution is -0.123. The summed E-state index contributed by atoms with van der Waals surface area (Å²) < 4.78 is 0. The summed E-state index contributed by atoms with van der Waals surface area (Å²) in [5.41, 5.74) is 4.64. The van der Waals surface area contributed by atoms with Gasteiger partial charge in [-0.1, -0.05) is 24.3 Å². The van der Waals surface area contributed by atoms with E-state index in [9.17, 15) is 4.79 Å².